The molecule has 2 N–H and O–H groups in total. The summed E-state index contributed by atoms with van der Waals surface area (Å²) in [6.07, 6.45) is 2.73. The third-order valence-corrected chi connectivity index (χ3v) is 3.96. The number of thiazole rings is 1. The van der Waals surface area contributed by atoms with Crippen LogP contribution in [0.5, 0.6) is 0 Å². The van der Waals surface area contributed by atoms with Gasteiger partial charge in [0.15, 0.2) is 0 Å². The molecule has 1 atom stereocenters. The van der Waals surface area contributed by atoms with Gasteiger partial charge >= 0.3 is 0 Å². The van der Waals surface area contributed by atoms with Crippen molar-refractivity contribution in [3.63, 3.8) is 0 Å². The summed E-state index contributed by atoms with van der Waals surface area (Å²) in [6.45, 7) is 6.32. The number of aryl methyl sites for hydroxylation is 3. The molecule has 0 fully saturated rings. The molecule has 0 aliphatic heterocycles. The van der Waals surface area contributed by atoms with Gasteiger partial charge in [0.2, 0.25) is 0 Å². The van der Waals surface area contributed by atoms with Crippen molar-refractivity contribution in [1.82, 2.24) is 4.98 Å². The molecule has 0 saturated heterocycles. The highest BCUT2D eigenvalue weighted by Crippen LogP contribution is 2.21. The normalized spacial score (nSPS) is 12.7. The van der Waals surface area contributed by atoms with Gasteiger partial charge in [0.25, 0.3) is 0 Å². The number of nitrogens with zero attached hydrogens (tertiary/aromatic N) is 1. The zero-order chi connectivity index (χ0) is 12.4. The van der Waals surface area contributed by atoms with Gasteiger partial charge in [-0.3, -0.25) is 0 Å². The van der Waals surface area contributed by atoms with Crippen molar-refractivity contribution in [3.8, 4) is 0 Å². The van der Waals surface area contributed by atoms with Gasteiger partial charge in [-0.1, -0.05) is 18.2 Å². The third-order valence-electron chi connectivity index (χ3n) is 3.02. The molecule has 0 radical (unpaired) electrons. The Morgan fingerprint density at radius 3 is 2.59 bits per heavy atom. The Kier molecular flexibility index (Phi) is 3.60. The fourth-order valence-corrected chi connectivity index (χ4v) is 2.64. The molecule has 1 aromatic heterocycles. The lowest BCUT2D eigenvalue weighted by Gasteiger charge is -2.12. The smallest absolute Gasteiger partial charge is 0.0946 e. The lowest BCUT2D eigenvalue weighted by molar-refractivity contribution is 0.717. The minimum Gasteiger partial charge on any atom is -0.324 e. The Labute approximate surface area is 107 Å². The van der Waals surface area contributed by atoms with E-state index in [4.69, 9.17) is 5.73 Å². The summed E-state index contributed by atoms with van der Waals surface area (Å²) in [4.78, 5) is 5.60. The number of nitrogens with two attached hydrogens (primary N) is 1. The average molecular weight is 246 g/mol. The van der Waals surface area contributed by atoms with Crippen molar-refractivity contribution in [2.45, 2.75) is 33.2 Å². The number of benzene rings is 1. The molecule has 0 amide bonds. The summed E-state index contributed by atoms with van der Waals surface area (Å²) in [6, 6.07) is 6.48. The van der Waals surface area contributed by atoms with E-state index < -0.39 is 0 Å². The van der Waals surface area contributed by atoms with E-state index in [0.717, 1.165) is 11.4 Å². The van der Waals surface area contributed by atoms with E-state index in [2.05, 4.69) is 44.0 Å². The lowest BCUT2D eigenvalue weighted by Crippen LogP contribution is -2.13. The van der Waals surface area contributed by atoms with Gasteiger partial charge < -0.3 is 5.73 Å². The van der Waals surface area contributed by atoms with Crippen LogP contribution < -0.4 is 5.73 Å². The van der Waals surface area contributed by atoms with Crippen molar-refractivity contribution in [1.29, 1.82) is 0 Å². The highest BCUT2D eigenvalue weighted by atomic mass is 32.1. The Morgan fingerprint density at radius 2 is 2.00 bits per heavy atom. The van der Waals surface area contributed by atoms with E-state index in [0.29, 0.717) is 0 Å². The van der Waals surface area contributed by atoms with Crippen LogP contribution >= 0.6 is 11.3 Å². The van der Waals surface area contributed by atoms with E-state index in [9.17, 15) is 0 Å². The van der Waals surface area contributed by atoms with Gasteiger partial charge in [0.1, 0.15) is 0 Å². The molecule has 1 heterocycles. The van der Waals surface area contributed by atoms with Crippen LogP contribution in [0.3, 0.4) is 0 Å². The minimum atomic E-state index is 0.0415. The maximum atomic E-state index is 6.22. The predicted octanol–water partition coefficient (Wildman–Crippen LogP) is 3.31. The van der Waals surface area contributed by atoms with Gasteiger partial charge in [0, 0.05) is 23.5 Å². The molecular weight excluding hydrogens is 228 g/mol. The van der Waals surface area contributed by atoms with Crippen molar-refractivity contribution in [3.05, 3.63) is 51.0 Å². The molecule has 2 nitrogen and oxygen atoms in total. The number of aromatic nitrogens is 1. The van der Waals surface area contributed by atoms with Gasteiger partial charge in [-0.05, 0) is 37.5 Å². The van der Waals surface area contributed by atoms with E-state index in [1.54, 1.807) is 11.3 Å². The zero-order valence-corrected chi connectivity index (χ0v) is 11.3. The van der Waals surface area contributed by atoms with E-state index in [1.807, 2.05) is 6.20 Å². The van der Waals surface area contributed by atoms with Crippen molar-refractivity contribution < 1.29 is 0 Å². The molecule has 2 rings (SSSR count). The summed E-state index contributed by atoms with van der Waals surface area (Å²) in [5.74, 6) is 0. The van der Waals surface area contributed by atoms with Gasteiger partial charge in [-0.2, -0.15) is 0 Å². The molecule has 1 unspecified atom stereocenters. The van der Waals surface area contributed by atoms with Crippen molar-refractivity contribution in [2.24, 2.45) is 5.73 Å². The molecule has 0 spiro atoms. The monoisotopic (exact) mass is 246 g/mol. The van der Waals surface area contributed by atoms with Crippen LogP contribution in [-0.2, 0) is 6.42 Å². The Morgan fingerprint density at radius 1 is 1.24 bits per heavy atom. The Bertz CT molecular complexity index is 517. The molecule has 0 bridgehead atoms. The number of hydrogen-bond acceptors (Lipinski definition) is 3. The second-order valence-corrected chi connectivity index (χ2v) is 5.84. The summed E-state index contributed by atoms with van der Waals surface area (Å²) < 4.78 is 0. The SMILES string of the molecule is Cc1cnc(CC(N)c2ccc(C)c(C)c2)s1. The standard InChI is InChI=1S/C14H18N2S/c1-9-4-5-12(6-10(9)2)13(15)7-14-16-8-11(3)17-14/h4-6,8,13H,7,15H2,1-3H3. The summed E-state index contributed by atoms with van der Waals surface area (Å²) >= 11 is 1.73. The Hall–Kier alpha value is -1.19. The predicted molar refractivity (Wildman–Crippen MR) is 73.4 cm³/mol. The first-order valence-electron chi connectivity index (χ1n) is 5.80. The highest BCUT2D eigenvalue weighted by molar-refractivity contribution is 7.11. The van der Waals surface area contributed by atoms with E-state index in [1.165, 1.54) is 21.6 Å². The second-order valence-electron chi connectivity index (χ2n) is 4.52. The summed E-state index contributed by atoms with van der Waals surface area (Å²) in [5, 5.41) is 1.12. The molecule has 2 aromatic rings. The molecule has 0 aliphatic rings. The Balaban J connectivity index is 2.14. The van der Waals surface area contributed by atoms with Crippen LogP contribution in [0, 0.1) is 20.8 Å². The largest absolute Gasteiger partial charge is 0.324 e. The molecule has 3 heteroatoms. The highest BCUT2D eigenvalue weighted by Gasteiger charge is 2.10. The van der Waals surface area contributed by atoms with Crippen molar-refractivity contribution in [2.75, 3.05) is 0 Å². The maximum Gasteiger partial charge on any atom is 0.0946 e. The maximum absolute atomic E-state index is 6.22. The molecule has 17 heavy (non-hydrogen) atoms. The van der Waals surface area contributed by atoms with Crippen LogP contribution in [0.25, 0.3) is 0 Å². The van der Waals surface area contributed by atoms with Crippen LogP contribution in [0.4, 0.5) is 0 Å². The summed E-state index contributed by atoms with van der Waals surface area (Å²) in [7, 11) is 0. The first-order valence-corrected chi connectivity index (χ1v) is 6.62. The number of hydrogen-bond donors (Lipinski definition) is 1. The van der Waals surface area contributed by atoms with Crippen LogP contribution in [0.2, 0.25) is 0 Å². The average Bonchev–Trinajstić information content (AvgIpc) is 2.68. The fourth-order valence-electron chi connectivity index (χ4n) is 1.80. The quantitative estimate of drug-likeness (QED) is 0.902. The molecule has 0 aliphatic carbocycles. The zero-order valence-electron chi connectivity index (χ0n) is 10.5. The van der Waals surface area contributed by atoms with Crippen LogP contribution in [-0.4, -0.2) is 4.98 Å². The van der Waals surface area contributed by atoms with E-state index >= 15 is 0 Å². The van der Waals surface area contributed by atoms with Crippen LogP contribution in [0.1, 0.15) is 32.6 Å². The van der Waals surface area contributed by atoms with Gasteiger partial charge in [-0.15, -0.1) is 11.3 Å². The second kappa shape index (κ2) is 4.98. The lowest BCUT2D eigenvalue weighted by atomic mass is 10.00. The third kappa shape index (κ3) is 2.93. The van der Waals surface area contributed by atoms with Crippen LogP contribution in [0.15, 0.2) is 24.4 Å². The topological polar surface area (TPSA) is 38.9 Å². The summed E-state index contributed by atoms with van der Waals surface area (Å²) in [5.41, 5.74) is 10.0. The van der Waals surface area contributed by atoms with Gasteiger partial charge in [-0.25, -0.2) is 4.98 Å². The molecule has 1 aromatic carbocycles. The molecule has 0 saturated carbocycles. The first kappa shape index (κ1) is 12.3. The molecular formula is C14H18N2S. The fraction of sp³-hybridized carbons (Fsp3) is 0.357. The minimum absolute atomic E-state index is 0.0415. The van der Waals surface area contributed by atoms with E-state index in [-0.39, 0.29) is 6.04 Å². The number of rotatable bonds is 3. The molecule has 90 valence electrons. The van der Waals surface area contributed by atoms with Crippen molar-refractivity contribution >= 4 is 11.3 Å². The first-order chi connectivity index (χ1) is 8.06. The van der Waals surface area contributed by atoms with Gasteiger partial charge in [0.05, 0.1) is 5.01 Å².